The van der Waals surface area contributed by atoms with Crippen LogP contribution in [0.3, 0.4) is 0 Å². The van der Waals surface area contributed by atoms with E-state index in [4.69, 9.17) is 9.88 Å². The first-order valence-corrected chi connectivity index (χ1v) is 12.9. The minimum absolute atomic E-state index is 0.00223. The number of rotatable bonds is 8. The minimum atomic E-state index is -3.82. The summed E-state index contributed by atoms with van der Waals surface area (Å²) in [6.45, 7) is 0. The van der Waals surface area contributed by atoms with Gasteiger partial charge in [0.1, 0.15) is 5.75 Å². The van der Waals surface area contributed by atoms with Crippen LogP contribution in [0.25, 0.3) is 11.0 Å². The topological polar surface area (TPSA) is 116 Å². The SMILES string of the molecule is COc1ccc([C@H](NC(=O)CSc2nc3cc(S(N)(=O)=O)ccc3n2C)c2ccccc2)cc1. The third-order valence-corrected chi connectivity index (χ3v) is 7.30. The molecule has 0 aliphatic rings. The van der Waals surface area contributed by atoms with Crippen LogP contribution < -0.4 is 15.2 Å². The molecule has 3 aromatic carbocycles. The van der Waals surface area contributed by atoms with Gasteiger partial charge in [0, 0.05) is 7.05 Å². The van der Waals surface area contributed by atoms with Crippen molar-refractivity contribution in [2.75, 3.05) is 12.9 Å². The summed E-state index contributed by atoms with van der Waals surface area (Å²) in [6.07, 6.45) is 0. The standard InChI is InChI=1S/C24H24N4O4S2/c1-28-21-13-12-19(34(25,30)31)14-20(21)26-24(28)33-15-22(29)27-23(16-6-4-3-5-7-16)17-8-10-18(32-2)11-9-17/h3-14,23H,15H2,1-2H3,(H,27,29)(H2,25,30,31)/t23-/m1/s1. The van der Waals surface area contributed by atoms with Crippen LogP contribution >= 0.6 is 11.8 Å². The number of sulfonamides is 1. The van der Waals surface area contributed by atoms with E-state index in [1.54, 1.807) is 13.2 Å². The fourth-order valence-corrected chi connectivity index (χ4v) is 4.93. The zero-order valence-electron chi connectivity index (χ0n) is 18.6. The Morgan fingerprint density at radius 3 is 2.41 bits per heavy atom. The molecule has 1 amide bonds. The molecule has 4 aromatic rings. The van der Waals surface area contributed by atoms with Crippen LogP contribution in [-0.2, 0) is 21.9 Å². The summed E-state index contributed by atoms with van der Waals surface area (Å²) in [5, 5.41) is 8.92. The number of carbonyl (C=O) groups is 1. The Morgan fingerprint density at radius 2 is 1.76 bits per heavy atom. The Bertz CT molecular complexity index is 1420. The number of fused-ring (bicyclic) bond motifs is 1. The molecule has 34 heavy (non-hydrogen) atoms. The Labute approximate surface area is 202 Å². The molecule has 10 heteroatoms. The van der Waals surface area contributed by atoms with E-state index in [0.717, 1.165) is 22.4 Å². The monoisotopic (exact) mass is 496 g/mol. The fourth-order valence-electron chi connectivity index (χ4n) is 3.60. The number of nitrogens with two attached hydrogens (primary N) is 1. The first-order chi connectivity index (χ1) is 16.3. The van der Waals surface area contributed by atoms with E-state index in [2.05, 4.69) is 10.3 Å². The summed E-state index contributed by atoms with van der Waals surface area (Å²) < 4.78 is 30.3. The number of nitrogens with zero attached hydrogens (tertiary/aromatic N) is 2. The van der Waals surface area contributed by atoms with E-state index in [-0.39, 0.29) is 22.6 Å². The lowest BCUT2D eigenvalue weighted by atomic mass is 9.98. The van der Waals surface area contributed by atoms with E-state index in [0.29, 0.717) is 10.7 Å². The number of aryl methyl sites for hydroxylation is 1. The summed E-state index contributed by atoms with van der Waals surface area (Å²) in [6, 6.07) is 21.5. The van der Waals surface area contributed by atoms with Crippen molar-refractivity contribution >= 4 is 38.7 Å². The van der Waals surface area contributed by atoms with E-state index in [1.165, 1.54) is 23.9 Å². The maximum atomic E-state index is 12.9. The number of hydrogen-bond donors (Lipinski definition) is 2. The van der Waals surface area contributed by atoms with Gasteiger partial charge in [-0.15, -0.1) is 0 Å². The highest BCUT2D eigenvalue weighted by atomic mass is 32.2. The lowest BCUT2D eigenvalue weighted by Gasteiger charge is -2.20. The van der Waals surface area contributed by atoms with Gasteiger partial charge in [0.2, 0.25) is 15.9 Å². The Kier molecular flexibility index (Phi) is 6.92. The van der Waals surface area contributed by atoms with Crippen molar-refractivity contribution in [3.8, 4) is 5.75 Å². The van der Waals surface area contributed by atoms with Crippen LogP contribution in [-0.4, -0.2) is 36.7 Å². The van der Waals surface area contributed by atoms with Crippen molar-refractivity contribution < 1.29 is 17.9 Å². The van der Waals surface area contributed by atoms with Crippen LogP contribution in [0.5, 0.6) is 5.75 Å². The summed E-state index contributed by atoms with van der Waals surface area (Å²) >= 11 is 1.27. The highest BCUT2D eigenvalue weighted by Gasteiger charge is 2.19. The van der Waals surface area contributed by atoms with Gasteiger partial charge in [0.05, 0.1) is 34.8 Å². The molecule has 176 valence electrons. The molecule has 1 aromatic heterocycles. The molecule has 0 saturated heterocycles. The van der Waals surface area contributed by atoms with E-state index in [1.807, 2.05) is 66.2 Å². The van der Waals surface area contributed by atoms with Gasteiger partial charge in [-0.1, -0.05) is 54.2 Å². The molecule has 0 unspecified atom stereocenters. The summed E-state index contributed by atoms with van der Waals surface area (Å²) in [5.74, 6) is 0.718. The summed E-state index contributed by atoms with van der Waals surface area (Å²) in [4.78, 5) is 17.4. The summed E-state index contributed by atoms with van der Waals surface area (Å²) in [5.41, 5.74) is 3.14. The molecule has 3 N–H and O–H groups in total. The van der Waals surface area contributed by atoms with Gasteiger partial charge in [0.25, 0.3) is 0 Å². The normalized spacial score (nSPS) is 12.4. The number of hydrogen-bond acceptors (Lipinski definition) is 6. The van der Waals surface area contributed by atoms with Crippen LogP contribution in [0.4, 0.5) is 0 Å². The van der Waals surface area contributed by atoms with E-state index in [9.17, 15) is 13.2 Å². The van der Waals surface area contributed by atoms with Gasteiger partial charge in [-0.05, 0) is 41.5 Å². The number of thioether (sulfide) groups is 1. The van der Waals surface area contributed by atoms with Crippen molar-refractivity contribution in [2.45, 2.75) is 16.1 Å². The van der Waals surface area contributed by atoms with Crippen molar-refractivity contribution in [2.24, 2.45) is 12.2 Å². The molecule has 0 aliphatic carbocycles. The third kappa shape index (κ3) is 5.24. The van der Waals surface area contributed by atoms with Gasteiger partial charge >= 0.3 is 0 Å². The quantitative estimate of drug-likeness (QED) is 0.362. The zero-order chi connectivity index (χ0) is 24.3. The number of methoxy groups -OCH3 is 1. The van der Waals surface area contributed by atoms with E-state index >= 15 is 0 Å². The number of ether oxygens (including phenoxy) is 1. The average Bonchev–Trinajstić information content (AvgIpc) is 3.16. The van der Waals surface area contributed by atoms with Crippen molar-refractivity contribution in [3.05, 3.63) is 83.9 Å². The second kappa shape index (κ2) is 9.88. The molecule has 8 nitrogen and oxygen atoms in total. The smallest absolute Gasteiger partial charge is 0.238 e. The van der Waals surface area contributed by atoms with Crippen molar-refractivity contribution in [3.63, 3.8) is 0 Å². The van der Waals surface area contributed by atoms with Crippen LogP contribution in [0.1, 0.15) is 17.2 Å². The lowest BCUT2D eigenvalue weighted by molar-refractivity contribution is -0.119. The third-order valence-electron chi connectivity index (χ3n) is 5.36. The number of amides is 1. The molecule has 0 aliphatic heterocycles. The molecule has 0 saturated carbocycles. The van der Waals surface area contributed by atoms with Gasteiger partial charge in [-0.3, -0.25) is 4.79 Å². The van der Waals surface area contributed by atoms with Crippen LogP contribution in [0.15, 0.2) is 82.8 Å². The predicted octanol–water partition coefficient (Wildman–Crippen LogP) is 3.23. The van der Waals surface area contributed by atoms with Gasteiger partial charge in [-0.25, -0.2) is 18.5 Å². The molecule has 4 rings (SSSR count). The lowest BCUT2D eigenvalue weighted by Crippen LogP contribution is -2.30. The molecule has 1 atom stereocenters. The second-order valence-electron chi connectivity index (χ2n) is 7.62. The zero-order valence-corrected chi connectivity index (χ0v) is 20.3. The first kappa shape index (κ1) is 23.8. The van der Waals surface area contributed by atoms with Crippen LogP contribution in [0.2, 0.25) is 0 Å². The Hall–Kier alpha value is -3.34. The highest BCUT2D eigenvalue weighted by molar-refractivity contribution is 7.99. The summed E-state index contributed by atoms with van der Waals surface area (Å²) in [7, 11) is -0.396. The molecule has 1 heterocycles. The first-order valence-electron chi connectivity index (χ1n) is 10.4. The van der Waals surface area contributed by atoms with Crippen molar-refractivity contribution in [1.29, 1.82) is 0 Å². The molecular weight excluding hydrogens is 472 g/mol. The second-order valence-corrected chi connectivity index (χ2v) is 10.1. The number of primary sulfonamides is 1. The minimum Gasteiger partial charge on any atom is -0.497 e. The largest absolute Gasteiger partial charge is 0.497 e. The Morgan fingerprint density at radius 1 is 1.09 bits per heavy atom. The molecule has 0 fully saturated rings. The number of benzene rings is 3. The van der Waals surface area contributed by atoms with Gasteiger partial charge in [-0.2, -0.15) is 0 Å². The number of carbonyl (C=O) groups excluding carboxylic acids is 1. The van der Waals surface area contributed by atoms with Crippen molar-refractivity contribution in [1.82, 2.24) is 14.9 Å². The molecular formula is C24H24N4O4S2. The number of nitrogens with one attached hydrogen (secondary N) is 1. The predicted molar refractivity (Wildman–Crippen MR) is 132 cm³/mol. The Balaban J connectivity index is 1.52. The van der Waals surface area contributed by atoms with Gasteiger partial charge < -0.3 is 14.6 Å². The number of imidazole rings is 1. The molecule has 0 radical (unpaired) electrons. The maximum absolute atomic E-state index is 12.9. The average molecular weight is 497 g/mol. The fraction of sp³-hybridized carbons (Fsp3) is 0.167. The van der Waals surface area contributed by atoms with E-state index < -0.39 is 10.0 Å². The molecule has 0 spiro atoms. The molecule has 0 bridgehead atoms. The highest BCUT2D eigenvalue weighted by Crippen LogP contribution is 2.27. The van der Waals surface area contributed by atoms with Crippen LogP contribution in [0, 0.1) is 0 Å². The maximum Gasteiger partial charge on any atom is 0.238 e. The van der Waals surface area contributed by atoms with Gasteiger partial charge in [0.15, 0.2) is 5.16 Å². The number of aromatic nitrogens is 2.